The van der Waals surface area contributed by atoms with Crippen LogP contribution in [-0.2, 0) is 0 Å². The van der Waals surface area contributed by atoms with Crippen LogP contribution < -0.4 is 9.47 Å². The van der Waals surface area contributed by atoms with Crippen molar-refractivity contribution in [3.8, 4) is 22.6 Å². The van der Waals surface area contributed by atoms with Crippen LogP contribution in [0.4, 0.5) is 0 Å². The fourth-order valence-electron chi connectivity index (χ4n) is 2.35. The largest absolute Gasteiger partial charge is 0.490 e. The zero-order valence-electron chi connectivity index (χ0n) is 13.2. The zero-order valence-corrected chi connectivity index (χ0v) is 13.2. The molecule has 0 fully saturated rings. The number of aryl methyl sites for hydroxylation is 1. The number of para-hydroxylation sites is 1. The van der Waals surface area contributed by atoms with E-state index in [1.807, 2.05) is 42.5 Å². The Hall–Kier alpha value is -2.74. The Morgan fingerprint density at radius 3 is 2.00 bits per heavy atom. The Kier molecular flexibility index (Phi) is 4.95. The first-order valence-corrected chi connectivity index (χ1v) is 7.79. The molecule has 0 N–H and O–H groups in total. The summed E-state index contributed by atoms with van der Waals surface area (Å²) < 4.78 is 11.4. The quantitative estimate of drug-likeness (QED) is 0.588. The summed E-state index contributed by atoms with van der Waals surface area (Å²) in [4.78, 5) is 0. The molecule has 3 rings (SSSR count). The maximum Gasteiger partial charge on any atom is 0.122 e. The molecule has 0 spiro atoms. The predicted molar refractivity (Wildman–Crippen MR) is 94.0 cm³/mol. The molecular formula is C21H20O2. The lowest BCUT2D eigenvalue weighted by atomic mass is 10.0. The third-order valence-corrected chi connectivity index (χ3v) is 3.58. The lowest BCUT2D eigenvalue weighted by Gasteiger charge is -2.10. The summed E-state index contributed by atoms with van der Waals surface area (Å²) in [6.45, 7) is 3.14. The first-order valence-electron chi connectivity index (χ1n) is 7.79. The van der Waals surface area contributed by atoms with Crippen LogP contribution in [0.15, 0.2) is 78.9 Å². The molecule has 116 valence electrons. The fraction of sp³-hybridized carbons (Fsp3) is 0.143. The first kappa shape index (κ1) is 15.2. The van der Waals surface area contributed by atoms with Gasteiger partial charge in [-0.3, -0.25) is 0 Å². The van der Waals surface area contributed by atoms with Gasteiger partial charge in [0.2, 0.25) is 0 Å². The molecule has 0 radical (unpaired) electrons. The smallest absolute Gasteiger partial charge is 0.122 e. The summed E-state index contributed by atoms with van der Waals surface area (Å²) in [5.41, 5.74) is 3.62. The minimum atomic E-state index is 0.520. The number of ether oxygens (including phenoxy) is 2. The average molecular weight is 304 g/mol. The number of hydrogen-bond acceptors (Lipinski definition) is 2. The van der Waals surface area contributed by atoms with Gasteiger partial charge in [0, 0.05) is 0 Å². The third kappa shape index (κ3) is 4.36. The third-order valence-electron chi connectivity index (χ3n) is 3.58. The second kappa shape index (κ2) is 7.50. The van der Waals surface area contributed by atoms with E-state index in [1.54, 1.807) is 0 Å². The SMILES string of the molecule is Cc1ccc(-c2cccc(OCCOc3ccccc3)c2)cc1. The van der Waals surface area contributed by atoms with E-state index in [-0.39, 0.29) is 0 Å². The van der Waals surface area contributed by atoms with E-state index in [0.717, 1.165) is 17.1 Å². The van der Waals surface area contributed by atoms with E-state index in [1.165, 1.54) is 11.1 Å². The Morgan fingerprint density at radius 1 is 0.609 bits per heavy atom. The Labute approximate surface area is 137 Å². The van der Waals surface area contributed by atoms with Crippen molar-refractivity contribution >= 4 is 0 Å². The molecule has 2 heteroatoms. The lowest BCUT2D eigenvalue weighted by molar-refractivity contribution is 0.217. The summed E-state index contributed by atoms with van der Waals surface area (Å²) in [6.07, 6.45) is 0. The molecule has 0 saturated heterocycles. The van der Waals surface area contributed by atoms with Crippen LogP contribution in [-0.4, -0.2) is 13.2 Å². The fourth-order valence-corrected chi connectivity index (χ4v) is 2.35. The van der Waals surface area contributed by atoms with Gasteiger partial charge >= 0.3 is 0 Å². The molecule has 0 atom stereocenters. The molecular weight excluding hydrogens is 284 g/mol. The van der Waals surface area contributed by atoms with Gasteiger partial charge < -0.3 is 9.47 Å². The van der Waals surface area contributed by atoms with Gasteiger partial charge in [0.05, 0.1) is 0 Å². The molecule has 0 saturated carbocycles. The van der Waals surface area contributed by atoms with E-state index >= 15 is 0 Å². The minimum Gasteiger partial charge on any atom is -0.490 e. The molecule has 3 aromatic rings. The monoisotopic (exact) mass is 304 g/mol. The van der Waals surface area contributed by atoms with Crippen LogP contribution >= 0.6 is 0 Å². The summed E-state index contributed by atoms with van der Waals surface area (Å²) >= 11 is 0. The van der Waals surface area contributed by atoms with Crippen molar-refractivity contribution in [3.63, 3.8) is 0 Å². The summed E-state index contributed by atoms with van der Waals surface area (Å²) in [7, 11) is 0. The van der Waals surface area contributed by atoms with Gasteiger partial charge in [-0.05, 0) is 42.3 Å². The average Bonchev–Trinajstić information content (AvgIpc) is 2.61. The van der Waals surface area contributed by atoms with E-state index < -0.39 is 0 Å². The molecule has 0 heterocycles. The van der Waals surface area contributed by atoms with Gasteiger partial charge in [-0.1, -0.05) is 60.2 Å². The van der Waals surface area contributed by atoms with Gasteiger partial charge in [0.25, 0.3) is 0 Å². The molecule has 0 bridgehead atoms. The lowest BCUT2D eigenvalue weighted by Crippen LogP contribution is -2.08. The van der Waals surface area contributed by atoms with Crippen LogP contribution in [0.2, 0.25) is 0 Å². The van der Waals surface area contributed by atoms with Gasteiger partial charge in [-0.25, -0.2) is 0 Å². The molecule has 0 aliphatic carbocycles. The second-order valence-corrected chi connectivity index (χ2v) is 5.40. The highest BCUT2D eigenvalue weighted by molar-refractivity contribution is 5.65. The van der Waals surface area contributed by atoms with E-state index in [2.05, 4.69) is 43.3 Å². The topological polar surface area (TPSA) is 18.5 Å². The van der Waals surface area contributed by atoms with Crippen molar-refractivity contribution in [2.45, 2.75) is 6.92 Å². The van der Waals surface area contributed by atoms with Crippen molar-refractivity contribution in [3.05, 3.63) is 84.4 Å². The van der Waals surface area contributed by atoms with Gasteiger partial charge in [0.15, 0.2) is 0 Å². The van der Waals surface area contributed by atoms with Crippen molar-refractivity contribution in [1.82, 2.24) is 0 Å². The van der Waals surface area contributed by atoms with Gasteiger partial charge in [-0.2, -0.15) is 0 Å². The summed E-state index contributed by atoms with van der Waals surface area (Å²) in [5, 5.41) is 0. The highest BCUT2D eigenvalue weighted by Crippen LogP contribution is 2.24. The van der Waals surface area contributed by atoms with Crippen LogP contribution in [0.25, 0.3) is 11.1 Å². The number of benzene rings is 3. The molecule has 0 aliphatic heterocycles. The Bertz CT molecular complexity index is 733. The van der Waals surface area contributed by atoms with Crippen LogP contribution in [0.3, 0.4) is 0 Å². The Morgan fingerprint density at radius 2 is 1.26 bits per heavy atom. The summed E-state index contributed by atoms with van der Waals surface area (Å²) in [5.74, 6) is 1.73. The van der Waals surface area contributed by atoms with Crippen LogP contribution in [0.5, 0.6) is 11.5 Å². The normalized spacial score (nSPS) is 10.3. The number of hydrogen-bond donors (Lipinski definition) is 0. The molecule has 2 nitrogen and oxygen atoms in total. The van der Waals surface area contributed by atoms with E-state index in [9.17, 15) is 0 Å². The van der Waals surface area contributed by atoms with Crippen LogP contribution in [0.1, 0.15) is 5.56 Å². The standard InChI is InChI=1S/C21H20O2/c1-17-10-12-18(13-11-17)19-6-5-9-21(16-19)23-15-14-22-20-7-3-2-4-8-20/h2-13,16H,14-15H2,1H3. The van der Waals surface area contributed by atoms with Crippen molar-refractivity contribution in [2.75, 3.05) is 13.2 Å². The maximum absolute atomic E-state index is 5.79. The molecule has 23 heavy (non-hydrogen) atoms. The highest BCUT2D eigenvalue weighted by Gasteiger charge is 2.00. The van der Waals surface area contributed by atoms with Crippen LogP contribution in [0, 0.1) is 6.92 Å². The predicted octanol–water partition coefficient (Wildman–Crippen LogP) is 5.12. The minimum absolute atomic E-state index is 0.520. The van der Waals surface area contributed by atoms with E-state index in [4.69, 9.17) is 9.47 Å². The van der Waals surface area contributed by atoms with Gasteiger partial charge in [0.1, 0.15) is 24.7 Å². The van der Waals surface area contributed by atoms with E-state index in [0.29, 0.717) is 13.2 Å². The molecule has 3 aromatic carbocycles. The van der Waals surface area contributed by atoms with Crippen molar-refractivity contribution in [1.29, 1.82) is 0 Å². The molecule has 0 aromatic heterocycles. The van der Waals surface area contributed by atoms with Gasteiger partial charge in [-0.15, -0.1) is 0 Å². The van der Waals surface area contributed by atoms with Crippen molar-refractivity contribution in [2.24, 2.45) is 0 Å². The first-order chi connectivity index (χ1) is 11.3. The number of rotatable bonds is 6. The summed E-state index contributed by atoms with van der Waals surface area (Å²) in [6, 6.07) is 26.4. The molecule has 0 unspecified atom stereocenters. The second-order valence-electron chi connectivity index (χ2n) is 5.40. The van der Waals surface area contributed by atoms with Crippen molar-refractivity contribution < 1.29 is 9.47 Å². The molecule has 0 aliphatic rings. The maximum atomic E-state index is 5.79. The Balaban J connectivity index is 1.56. The zero-order chi connectivity index (χ0) is 15.9. The highest BCUT2D eigenvalue weighted by atomic mass is 16.5. The molecule has 0 amide bonds.